The molecule has 3 N–H and O–H groups in total. The number of nitrogens with zero attached hydrogens (tertiary/aromatic N) is 1. The summed E-state index contributed by atoms with van der Waals surface area (Å²) in [5.74, 6) is 0.781. The Hall–Kier alpha value is -1.79. The Bertz CT molecular complexity index is 772. The molecule has 0 amide bonds. The van der Waals surface area contributed by atoms with Gasteiger partial charge in [0.25, 0.3) is 0 Å². The Balaban J connectivity index is 2.02. The Labute approximate surface area is 128 Å². The number of anilines is 3. The summed E-state index contributed by atoms with van der Waals surface area (Å²) in [7, 11) is 1.64. The van der Waals surface area contributed by atoms with E-state index in [1.54, 1.807) is 24.0 Å². The van der Waals surface area contributed by atoms with Crippen molar-refractivity contribution in [2.75, 3.05) is 18.2 Å². The van der Waals surface area contributed by atoms with Crippen molar-refractivity contribution in [3.8, 4) is 5.75 Å². The Kier molecular flexibility index (Phi) is 3.50. The molecule has 0 aliphatic heterocycles. The van der Waals surface area contributed by atoms with Crippen molar-refractivity contribution in [3.05, 3.63) is 40.3 Å². The molecule has 0 saturated heterocycles. The van der Waals surface area contributed by atoms with Crippen LogP contribution in [0.25, 0.3) is 10.2 Å². The number of rotatable bonds is 3. The van der Waals surface area contributed by atoms with Crippen LogP contribution in [0.5, 0.6) is 5.75 Å². The molecule has 0 unspecified atom stereocenters. The van der Waals surface area contributed by atoms with Crippen LogP contribution in [0.3, 0.4) is 0 Å². The number of ether oxygens (including phenoxy) is 1. The predicted octanol–water partition coefficient (Wildman–Crippen LogP) is 4.39. The van der Waals surface area contributed by atoms with E-state index >= 15 is 0 Å². The van der Waals surface area contributed by atoms with Gasteiger partial charge < -0.3 is 15.8 Å². The Morgan fingerprint density at radius 3 is 2.90 bits per heavy atom. The van der Waals surface area contributed by atoms with Gasteiger partial charge in [-0.2, -0.15) is 0 Å². The van der Waals surface area contributed by atoms with Crippen molar-refractivity contribution in [2.24, 2.45) is 0 Å². The first-order chi connectivity index (χ1) is 9.69. The summed E-state index contributed by atoms with van der Waals surface area (Å²) in [4.78, 5) is 4.29. The number of nitrogens with two attached hydrogens (primary N) is 1. The van der Waals surface area contributed by atoms with Gasteiger partial charge in [0.1, 0.15) is 11.3 Å². The summed E-state index contributed by atoms with van der Waals surface area (Å²) in [5, 5.41) is 3.31. The number of aromatic nitrogens is 1. The zero-order valence-corrected chi connectivity index (χ0v) is 13.1. The Morgan fingerprint density at radius 2 is 2.10 bits per heavy atom. The maximum absolute atomic E-state index is 6.17. The smallest absolute Gasteiger partial charge is 0.121 e. The highest BCUT2D eigenvalue weighted by molar-refractivity contribution is 9.10. The second-order valence-electron chi connectivity index (χ2n) is 4.20. The highest BCUT2D eigenvalue weighted by Gasteiger charge is 2.09. The van der Waals surface area contributed by atoms with E-state index in [9.17, 15) is 0 Å². The summed E-state index contributed by atoms with van der Waals surface area (Å²) in [6.07, 6.45) is 0. The van der Waals surface area contributed by atoms with E-state index in [4.69, 9.17) is 10.5 Å². The zero-order chi connectivity index (χ0) is 14.1. The number of thiazole rings is 1. The van der Waals surface area contributed by atoms with E-state index in [1.807, 2.05) is 30.3 Å². The molecule has 3 rings (SSSR count). The molecule has 0 bridgehead atoms. The molecule has 20 heavy (non-hydrogen) atoms. The molecule has 0 aliphatic rings. The monoisotopic (exact) mass is 349 g/mol. The van der Waals surface area contributed by atoms with Gasteiger partial charge in [-0.25, -0.2) is 4.98 Å². The highest BCUT2D eigenvalue weighted by atomic mass is 79.9. The molecule has 0 saturated carbocycles. The van der Waals surface area contributed by atoms with Crippen molar-refractivity contribution in [1.82, 2.24) is 4.98 Å². The van der Waals surface area contributed by atoms with Crippen LogP contribution in [-0.2, 0) is 0 Å². The van der Waals surface area contributed by atoms with Gasteiger partial charge in [-0.3, -0.25) is 0 Å². The Morgan fingerprint density at radius 1 is 1.25 bits per heavy atom. The van der Waals surface area contributed by atoms with Gasteiger partial charge in [-0.1, -0.05) is 0 Å². The molecule has 0 atom stereocenters. The number of benzene rings is 2. The minimum atomic E-state index is 0.651. The molecule has 0 aliphatic carbocycles. The fourth-order valence-electron chi connectivity index (χ4n) is 1.93. The molecule has 4 nitrogen and oxygen atoms in total. The number of halogens is 1. The minimum Gasteiger partial charge on any atom is -0.497 e. The van der Waals surface area contributed by atoms with Crippen LogP contribution in [0.2, 0.25) is 0 Å². The third-order valence-corrected chi connectivity index (χ3v) is 4.47. The lowest BCUT2D eigenvalue weighted by molar-refractivity contribution is 0.415. The number of nitrogens with one attached hydrogen (secondary N) is 1. The van der Waals surface area contributed by atoms with E-state index in [2.05, 4.69) is 26.2 Å². The molecule has 1 aromatic heterocycles. The third kappa shape index (κ3) is 2.32. The van der Waals surface area contributed by atoms with Crippen molar-refractivity contribution >= 4 is 54.5 Å². The second kappa shape index (κ2) is 5.30. The van der Waals surface area contributed by atoms with Gasteiger partial charge >= 0.3 is 0 Å². The van der Waals surface area contributed by atoms with Crippen LogP contribution >= 0.6 is 27.3 Å². The number of hydrogen-bond donors (Lipinski definition) is 2. The van der Waals surface area contributed by atoms with Crippen LogP contribution in [0.4, 0.5) is 17.1 Å². The lowest BCUT2D eigenvalue weighted by atomic mass is 10.2. The largest absolute Gasteiger partial charge is 0.497 e. The summed E-state index contributed by atoms with van der Waals surface area (Å²) in [6.45, 7) is 0. The quantitative estimate of drug-likeness (QED) is 0.688. The van der Waals surface area contributed by atoms with E-state index in [-0.39, 0.29) is 0 Å². The van der Waals surface area contributed by atoms with Gasteiger partial charge in [0.15, 0.2) is 0 Å². The topological polar surface area (TPSA) is 60.2 Å². The van der Waals surface area contributed by atoms with E-state index in [1.165, 1.54) is 0 Å². The molecule has 0 spiro atoms. The maximum atomic E-state index is 6.17. The molecule has 6 heteroatoms. The summed E-state index contributed by atoms with van der Waals surface area (Å²) >= 11 is 5.09. The molecule has 1 heterocycles. The van der Waals surface area contributed by atoms with Crippen LogP contribution in [0, 0.1) is 0 Å². The fourth-order valence-corrected chi connectivity index (χ4v) is 2.97. The van der Waals surface area contributed by atoms with Gasteiger partial charge in [-0.15, -0.1) is 11.3 Å². The zero-order valence-electron chi connectivity index (χ0n) is 10.7. The van der Waals surface area contributed by atoms with E-state index in [0.717, 1.165) is 31.8 Å². The first-order valence-electron chi connectivity index (χ1n) is 5.91. The number of nitrogen functional groups attached to an aromatic ring is 1. The lowest BCUT2D eigenvalue weighted by Crippen LogP contribution is -1.98. The van der Waals surface area contributed by atoms with Crippen molar-refractivity contribution < 1.29 is 4.74 Å². The lowest BCUT2D eigenvalue weighted by Gasteiger charge is -2.12. The predicted molar refractivity (Wildman–Crippen MR) is 88.0 cm³/mol. The van der Waals surface area contributed by atoms with E-state index in [0.29, 0.717) is 5.69 Å². The summed E-state index contributed by atoms with van der Waals surface area (Å²) in [5.41, 5.74) is 11.2. The average Bonchev–Trinajstić information content (AvgIpc) is 2.93. The van der Waals surface area contributed by atoms with Crippen molar-refractivity contribution in [2.45, 2.75) is 0 Å². The molecule has 2 aromatic carbocycles. The van der Waals surface area contributed by atoms with Crippen LogP contribution in [0.15, 0.2) is 40.3 Å². The maximum Gasteiger partial charge on any atom is 0.121 e. The summed E-state index contributed by atoms with van der Waals surface area (Å²) < 4.78 is 7.25. The van der Waals surface area contributed by atoms with Crippen LogP contribution in [-0.4, -0.2) is 12.1 Å². The van der Waals surface area contributed by atoms with Crippen molar-refractivity contribution in [1.29, 1.82) is 0 Å². The normalized spacial score (nSPS) is 10.7. The van der Waals surface area contributed by atoms with Gasteiger partial charge in [-0.05, 0) is 40.2 Å². The second-order valence-corrected chi connectivity index (χ2v) is 5.94. The van der Waals surface area contributed by atoms with Crippen LogP contribution < -0.4 is 15.8 Å². The standard InChI is InChI=1S/C14H12BrN3OS/c1-19-8-2-3-9(15)11(6-8)18-10-4-5-12-14(13(10)16)17-7-20-12/h2-7,18H,16H2,1H3. The third-order valence-electron chi connectivity index (χ3n) is 2.98. The molecule has 102 valence electrons. The molecule has 0 fully saturated rings. The van der Waals surface area contributed by atoms with Gasteiger partial charge in [0.05, 0.1) is 34.4 Å². The first kappa shape index (κ1) is 13.2. The number of hydrogen-bond acceptors (Lipinski definition) is 5. The first-order valence-corrected chi connectivity index (χ1v) is 7.58. The summed E-state index contributed by atoms with van der Waals surface area (Å²) in [6, 6.07) is 9.71. The molecular formula is C14H12BrN3OS. The number of fused-ring (bicyclic) bond motifs is 1. The molecule has 3 aromatic rings. The van der Waals surface area contributed by atoms with Gasteiger partial charge in [0, 0.05) is 10.5 Å². The minimum absolute atomic E-state index is 0.651. The fraction of sp³-hybridized carbons (Fsp3) is 0.0714. The highest BCUT2D eigenvalue weighted by Crippen LogP contribution is 2.35. The van der Waals surface area contributed by atoms with E-state index < -0.39 is 0 Å². The number of methoxy groups -OCH3 is 1. The molecular weight excluding hydrogens is 338 g/mol. The SMILES string of the molecule is COc1ccc(Br)c(Nc2ccc3scnc3c2N)c1. The molecule has 0 radical (unpaired) electrons. The van der Waals surface area contributed by atoms with Crippen molar-refractivity contribution in [3.63, 3.8) is 0 Å². The van der Waals surface area contributed by atoms with Crippen LogP contribution in [0.1, 0.15) is 0 Å². The van der Waals surface area contributed by atoms with Gasteiger partial charge in [0.2, 0.25) is 0 Å². The average molecular weight is 350 g/mol.